The third-order valence-corrected chi connectivity index (χ3v) is 2.26. The molecule has 0 aliphatic heterocycles. The summed E-state index contributed by atoms with van der Waals surface area (Å²) in [6, 6.07) is 0. The Hall–Kier alpha value is -2.09. The zero-order valence-corrected chi connectivity index (χ0v) is 9.85. The first-order valence-electron chi connectivity index (χ1n) is 4.39. The van der Waals surface area contributed by atoms with Crippen LogP contribution in [-0.2, 0) is 0 Å². The van der Waals surface area contributed by atoms with Crippen molar-refractivity contribution in [2.24, 2.45) is 0 Å². The minimum atomic E-state index is -1.43. The molecule has 2 aromatic rings. The Morgan fingerprint density at radius 2 is 2.00 bits per heavy atom. The Morgan fingerprint density at radius 3 is 2.59 bits per heavy atom. The molecule has 0 amide bonds. The fraction of sp³-hybridized carbons (Fsp3) is 0.250. The molecule has 0 atom stereocenters. The summed E-state index contributed by atoms with van der Waals surface area (Å²) >= 11 is 0. The normalized spacial score (nSPS) is 10.0. The van der Waals surface area contributed by atoms with Gasteiger partial charge >= 0.3 is 6.16 Å². The van der Waals surface area contributed by atoms with Gasteiger partial charge in [-0.05, 0) is 13.8 Å². The van der Waals surface area contributed by atoms with Gasteiger partial charge in [0.15, 0.2) is 5.65 Å². The Balaban J connectivity index is 0.00000144. The van der Waals surface area contributed by atoms with Crippen LogP contribution in [0.1, 0.15) is 11.1 Å². The maximum atomic E-state index is 10.5. The van der Waals surface area contributed by atoms with Gasteiger partial charge in [0.05, 0.1) is 0 Å². The number of carboxylic acid groups (broad SMARTS) is 1. The highest BCUT2D eigenvalue weighted by atomic mass is 35.5. The fourth-order valence-electron chi connectivity index (χ4n) is 1.30. The lowest BCUT2D eigenvalue weighted by Crippen LogP contribution is -2.10. The molecule has 0 fully saturated rings. The second-order valence-corrected chi connectivity index (χ2v) is 3.22. The molecule has 92 valence electrons. The number of hydrogen-bond acceptors (Lipinski definition) is 6. The smallest absolute Gasteiger partial charge is 0.449 e. The highest BCUT2D eigenvalue weighted by Gasteiger charge is 2.15. The van der Waals surface area contributed by atoms with Gasteiger partial charge in [0.2, 0.25) is 11.8 Å². The lowest BCUT2D eigenvalue weighted by atomic mass is 10.2. The predicted octanol–water partition coefficient (Wildman–Crippen LogP) is 0.802. The Morgan fingerprint density at radius 1 is 1.35 bits per heavy atom. The summed E-state index contributed by atoms with van der Waals surface area (Å²) in [5.74, 6) is 0.0531. The van der Waals surface area contributed by atoms with Gasteiger partial charge in [-0.3, -0.25) is 0 Å². The molecule has 0 bridgehead atoms. The van der Waals surface area contributed by atoms with Crippen molar-refractivity contribution in [3.63, 3.8) is 0 Å². The van der Waals surface area contributed by atoms with E-state index in [2.05, 4.69) is 20.0 Å². The number of nitrogens with zero attached hydrogens (tertiary/aromatic N) is 4. The molecule has 0 spiro atoms. The quantitative estimate of drug-likeness (QED) is 0.728. The van der Waals surface area contributed by atoms with Gasteiger partial charge in [0, 0.05) is 11.1 Å². The molecule has 9 heteroatoms. The maximum Gasteiger partial charge on any atom is 0.512 e. The van der Waals surface area contributed by atoms with Crippen LogP contribution in [0.5, 0.6) is 5.88 Å². The van der Waals surface area contributed by atoms with Gasteiger partial charge < -0.3 is 15.6 Å². The van der Waals surface area contributed by atoms with E-state index in [1.807, 2.05) is 0 Å². The second kappa shape index (κ2) is 4.42. The van der Waals surface area contributed by atoms with E-state index in [4.69, 9.17) is 10.8 Å². The first-order chi connectivity index (χ1) is 7.50. The lowest BCUT2D eigenvalue weighted by molar-refractivity contribution is 0.141. The zero-order chi connectivity index (χ0) is 11.9. The fourth-order valence-corrected chi connectivity index (χ4v) is 1.30. The number of nitrogens with two attached hydrogens (primary N) is 1. The van der Waals surface area contributed by atoms with Crippen molar-refractivity contribution in [3.8, 4) is 5.88 Å². The van der Waals surface area contributed by atoms with E-state index in [0.717, 1.165) is 5.56 Å². The Labute approximate surface area is 102 Å². The van der Waals surface area contributed by atoms with Crippen LogP contribution in [0.4, 0.5) is 10.7 Å². The van der Waals surface area contributed by atoms with Crippen molar-refractivity contribution < 1.29 is 14.6 Å². The topological polar surface area (TPSA) is 116 Å². The summed E-state index contributed by atoms with van der Waals surface area (Å²) in [6.45, 7) is 3.45. The molecule has 0 unspecified atom stereocenters. The van der Waals surface area contributed by atoms with E-state index < -0.39 is 6.16 Å². The average Bonchev–Trinajstić information content (AvgIpc) is 2.56. The van der Waals surface area contributed by atoms with Crippen LogP contribution in [0.3, 0.4) is 0 Å². The number of nitrogen functional groups attached to an aromatic ring is 1. The molecule has 0 aliphatic carbocycles. The third kappa shape index (κ3) is 2.07. The molecule has 3 N–H and O–H groups in total. The van der Waals surface area contributed by atoms with E-state index in [0.29, 0.717) is 11.2 Å². The number of fused-ring (bicyclic) bond motifs is 1. The van der Waals surface area contributed by atoms with Crippen molar-refractivity contribution >= 4 is 30.2 Å². The lowest BCUT2D eigenvalue weighted by Gasteiger charge is -2.06. The van der Waals surface area contributed by atoms with Crippen LogP contribution in [0, 0.1) is 13.8 Å². The number of ether oxygens (including phenoxy) is 1. The molecule has 0 saturated heterocycles. The molecule has 8 nitrogen and oxygen atoms in total. The molecular weight excluding hydrogens is 250 g/mol. The van der Waals surface area contributed by atoms with Crippen molar-refractivity contribution in [2.75, 3.05) is 5.73 Å². The van der Waals surface area contributed by atoms with Gasteiger partial charge in [-0.2, -0.15) is 4.52 Å². The molecule has 2 rings (SSSR count). The molecule has 0 aliphatic rings. The summed E-state index contributed by atoms with van der Waals surface area (Å²) in [5.41, 5.74) is 7.30. The highest BCUT2D eigenvalue weighted by molar-refractivity contribution is 5.85. The molecule has 0 aromatic carbocycles. The van der Waals surface area contributed by atoms with Crippen molar-refractivity contribution in [2.45, 2.75) is 13.8 Å². The number of hydrogen-bond donors (Lipinski definition) is 2. The van der Waals surface area contributed by atoms with Crippen LogP contribution in [-0.4, -0.2) is 31.1 Å². The number of aromatic nitrogens is 4. The van der Waals surface area contributed by atoms with Gasteiger partial charge in [-0.1, -0.05) is 0 Å². The van der Waals surface area contributed by atoms with Crippen LogP contribution in [0.15, 0.2) is 0 Å². The van der Waals surface area contributed by atoms with E-state index in [-0.39, 0.29) is 24.2 Å². The van der Waals surface area contributed by atoms with E-state index in [1.165, 1.54) is 4.52 Å². The molecular formula is C8H10ClN5O3. The summed E-state index contributed by atoms with van der Waals surface area (Å²) in [5, 5.41) is 19.9. The molecule has 0 saturated carbocycles. The standard InChI is InChI=1S/C8H9N5O3.ClH/c1-3-4(2)6(16-8(14)15)12-13-5(3)10-11-7(13)9;/h1-2H3,(H2,9,11)(H,14,15);1H. The third-order valence-electron chi connectivity index (χ3n) is 2.26. The SMILES string of the molecule is Cc1c(OC(=O)O)nn2c(N)nnc2c1C.Cl. The Bertz CT molecular complexity index is 582. The number of rotatable bonds is 1. The predicted molar refractivity (Wildman–Crippen MR) is 60.6 cm³/mol. The van der Waals surface area contributed by atoms with Crippen molar-refractivity contribution in [3.05, 3.63) is 11.1 Å². The van der Waals surface area contributed by atoms with Crippen molar-refractivity contribution in [1.82, 2.24) is 19.8 Å². The van der Waals surface area contributed by atoms with Crippen LogP contribution >= 0.6 is 12.4 Å². The summed E-state index contributed by atoms with van der Waals surface area (Å²) < 4.78 is 5.77. The minimum absolute atomic E-state index is 0. The van der Waals surface area contributed by atoms with Gasteiger partial charge in [-0.15, -0.1) is 27.7 Å². The van der Waals surface area contributed by atoms with Gasteiger partial charge in [-0.25, -0.2) is 4.79 Å². The van der Waals surface area contributed by atoms with Gasteiger partial charge in [0.25, 0.3) is 0 Å². The van der Waals surface area contributed by atoms with Crippen LogP contribution in [0.25, 0.3) is 5.65 Å². The van der Waals surface area contributed by atoms with Crippen LogP contribution < -0.4 is 10.5 Å². The van der Waals surface area contributed by atoms with E-state index in [1.54, 1.807) is 13.8 Å². The highest BCUT2D eigenvalue weighted by Crippen LogP contribution is 2.22. The number of halogens is 1. The van der Waals surface area contributed by atoms with E-state index >= 15 is 0 Å². The average molecular weight is 260 g/mol. The number of anilines is 1. The number of carbonyl (C=O) groups is 1. The van der Waals surface area contributed by atoms with Crippen molar-refractivity contribution in [1.29, 1.82) is 0 Å². The molecule has 2 aromatic heterocycles. The van der Waals surface area contributed by atoms with Gasteiger partial charge in [0.1, 0.15) is 0 Å². The largest absolute Gasteiger partial charge is 0.512 e. The molecule has 0 radical (unpaired) electrons. The second-order valence-electron chi connectivity index (χ2n) is 3.22. The monoisotopic (exact) mass is 259 g/mol. The Kier molecular flexibility index (Phi) is 3.37. The number of aryl methyl sites for hydroxylation is 1. The van der Waals surface area contributed by atoms with Crippen LogP contribution in [0.2, 0.25) is 0 Å². The summed E-state index contributed by atoms with van der Waals surface area (Å²) in [6.07, 6.45) is -1.43. The molecule has 2 heterocycles. The minimum Gasteiger partial charge on any atom is -0.449 e. The zero-order valence-electron chi connectivity index (χ0n) is 9.04. The maximum absolute atomic E-state index is 10.5. The first-order valence-corrected chi connectivity index (χ1v) is 4.39. The molecule has 17 heavy (non-hydrogen) atoms. The van der Waals surface area contributed by atoms with E-state index in [9.17, 15) is 4.79 Å². The first kappa shape index (κ1) is 13.0. The summed E-state index contributed by atoms with van der Waals surface area (Å²) in [4.78, 5) is 10.5. The summed E-state index contributed by atoms with van der Waals surface area (Å²) in [7, 11) is 0.